The van der Waals surface area contributed by atoms with Gasteiger partial charge < -0.3 is 15.2 Å². The molecule has 2 amide bonds. The van der Waals surface area contributed by atoms with Crippen LogP contribution in [0.1, 0.15) is 40.6 Å². The van der Waals surface area contributed by atoms with Gasteiger partial charge in [-0.1, -0.05) is 53.2 Å². The van der Waals surface area contributed by atoms with Crippen LogP contribution in [0.5, 0.6) is 0 Å². The third kappa shape index (κ3) is 5.39. The molecule has 1 atom stereocenters. The molecule has 2 N–H and O–H groups in total. The zero-order valence-electron chi connectivity index (χ0n) is 15.5. The lowest BCUT2D eigenvalue weighted by Gasteiger charge is -2.11. The van der Waals surface area contributed by atoms with Crippen LogP contribution in [0.3, 0.4) is 0 Å². The molecule has 0 spiro atoms. The van der Waals surface area contributed by atoms with E-state index < -0.39 is 23.7 Å². The van der Waals surface area contributed by atoms with E-state index in [0.717, 1.165) is 11.6 Å². The van der Waals surface area contributed by atoms with Gasteiger partial charge in [0.05, 0.1) is 29.6 Å². The van der Waals surface area contributed by atoms with Crippen molar-refractivity contribution in [3.63, 3.8) is 0 Å². The number of nitrogens with zero attached hydrogens (tertiary/aromatic N) is 2. The minimum Gasteiger partial charge on any atom is -0.345 e. The molecule has 2 aromatic carbocycles. The van der Waals surface area contributed by atoms with Crippen molar-refractivity contribution in [2.24, 2.45) is 0 Å². The predicted octanol–water partition coefficient (Wildman–Crippen LogP) is 3.06. The average molecular weight is 417 g/mol. The maximum absolute atomic E-state index is 13.7. The number of halogens is 2. The molecule has 3 rings (SSSR count). The first-order chi connectivity index (χ1) is 13.9. The number of nitrogens with one attached hydrogen (secondary N) is 2. The monoisotopic (exact) mass is 416 g/mol. The van der Waals surface area contributed by atoms with Gasteiger partial charge in [-0.25, -0.2) is 4.39 Å². The predicted molar refractivity (Wildman–Crippen MR) is 104 cm³/mol. The first-order valence-corrected chi connectivity index (χ1v) is 9.20. The third-order valence-corrected chi connectivity index (χ3v) is 4.36. The summed E-state index contributed by atoms with van der Waals surface area (Å²) in [6, 6.07) is 13.0. The van der Waals surface area contributed by atoms with Crippen molar-refractivity contribution in [2.45, 2.75) is 19.4 Å². The summed E-state index contributed by atoms with van der Waals surface area (Å²) in [6.07, 6.45) is 0.480. The van der Waals surface area contributed by atoms with Crippen LogP contribution in [0.15, 0.2) is 53.1 Å². The molecule has 0 saturated carbocycles. The molecule has 1 aromatic heterocycles. The molecule has 0 radical (unpaired) electrons. The van der Waals surface area contributed by atoms with E-state index in [2.05, 4.69) is 20.8 Å². The van der Waals surface area contributed by atoms with Gasteiger partial charge in [-0.05, 0) is 24.6 Å². The minimum atomic E-state index is -0.777. The van der Waals surface area contributed by atoms with E-state index in [1.807, 2.05) is 30.3 Å². The molecule has 0 bridgehead atoms. The molecule has 9 heteroatoms. The number of hydrogen-bond donors (Lipinski definition) is 2. The van der Waals surface area contributed by atoms with E-state index in [1.54, 1.807) is 6.92 Å². The van der Waals surface area contributed by atoms with Crippen LogP contribution in [0, 0.1) is 5.82 Å². The number of benzene rings is 2. The second kappa shape index (κ2) is 9.29. The topological polar surface area (TPSA) is 97.1 Å². The molecule has 0 aliphatic heterocycles. The fourth-order valence-electron chi connectivity index (χ4n) is 2.61. The highest BCUT2D eigenvalue weighted by Crippen LogP contribution is 2.18. The summed E-state index contributed by atoms with van der Waals surface area (Å²) in [5.74, 6) is -1.29. The van der Waals surface area contributed by atoms with Gasteiger partial charge >= 0.3 is 0 Å². The Hall–Kier alpha value is -3.26. The van der Waals surface area contributed by atoms with E-state index in [4.69, 9.17) is 16.1 Å². The summed E-state index contributed by atoms with van der Waals surface area (Å²) >= 11 is 5.84. The normalized spacial score (nSPS) is 11.7. The first-order valence-electron chi connectivity index (χ1n) is 8.82. The van der Waals surface area contributed by atoms with Crippen molar-refractivity contribution < 1.29 is 18.5 Å². The third-order valence-electron chi connectivity index (χ3n) is 4.05. The van der Waals surface area contributed by atoms with E-state index in [-0.39, 0.29) is 17.1 Å². The summed E-state index contributed by atoms with van der Waals surface area (Å²) in [5, 5.41) is 8.82. The number of carbonyl (C=O) groups is 2. The van der Waals surface area contributed by atoms with Crippen molar-refractivity contribution in [1.29, 1.82) is 0 Å². The zero-order chi connectivity index (χ0) is 20.8. The average Bonchev–Trinajstić information content (AvgIpc) is 3.16. The highest BCUT2D eigenvalue weighted by Gasteiger charge is 2.19. The summed E-state index contributed by atoms with van der Waals surface area (Å²) in [5.41, 5.74) is 0.715. The maximum Gasteiger partial charge on any atom is 0.256 e. The Morgan fingerprint density at radius 3 is 2.66 bits per heavy atom. The van der Waals surface area contributed by atoms with Gasteiger partial charge in [0.15, 0.2) is 5.82 Å². The zero-order valence-corrected chi connectivity index (χ0v) is 16.2. The molecule has 1 heterocycles. The van der Waals surface area contributed by atoms with E-state index >= 15 is 0 Å². The van der Waals surface area contributed by atoms with Gasteiger partial charge in [-0.2, -0.15) is 4.98 Å². The maximum atomic E-state index is 13.7. The molecule has 0 aliphatic carbocycles. The largest absolute Gasteiger partial charge is 0.345 e. The molecule has 150 valence electrons. The van der Waals surface area contributed by atoms with Crippen LogP contribution in [0.2, 0.25) is 5.02 Å². The van der Waals surface area contributed by atoms with Crippen molar-refractivity contribution in [3.05, 3.63) is 82.2 Å². The van der Waals surface area contributed by atoms with E-state index in [9.17, 15) is 14.0 Å². The van der Waals surface area contributed by atoms with Crippen molar-refractivity contribution in [1.82, 2.24) is 20.8 Å². The SMILES string of the molecule is CC(NC(=O)CNC(=O)c1c(F)cccc1Cl)c1noc(Cc2ccccc2)n1. The van der Waals surface area contributed by atoms with Crippen molar-refractivity contribution in [3.8, 4) is 0 Å². The van der Waals surface area contributed by atoms with Crippen LogP contribution >= 0.6 is 11.6 Å². The van der Waals surface area contributed by atoms with Crippen LogP contribution in [0.25, 0.3) is 0 Å². The van der Waals surface area contributed by atoms with E-state index in [1.165, 1.54) is 12.1 Å². The summed E-state index contributed by atoms with van der Waals surface area (Å²) in [7, 11) is 0. The second-order valence-electron chi connectivity index (χ2n) is 6.28. The Bertz CT molecular complexity index is 990. The number of rotatable bonds is 7. The lowest BCUT2D eigenvalue weighted by molar-refractivity contribution is -0.120. The fourth-order valence-corrected chi connectivity index (χ4v) is 2.86. The van der Waals surface area contributed by atoms with Gasteiger partial charge in [0, 0.05) is 0 Å². The molecule has 29 heavy (non-hydrogen) atoms. The molecule has 0 aliphatic rings. The Balaban J connectivity index is 1.52. The van der Waals surface area contributed by atoms with Gasteiger partial charge in [0.1, 0.15) is 5.82 Å². The highest BCUT2D eigenvalue weighted by atomic mass is 35.5. The summed E-state index contributed by atoms with van der Waals surface area (Å²) in [6.45, 7) is 1.33. The lowest BCUT2D eigenvalue weighted by Crippen LogP contribution is -2.38. The van der Waals surface area contributed by atoms with Gasteiger partial charge in [0.25, 0.3) is 5.91 Å². The molecule has 7 nitrogen and oxygen atoms in total. The second-order valence-corrected chi connectivity index (χ2v) is 6.68. The van der Waals surface area contributed by atoms with Crippen LogP contribution in [0.4, 0.5) is 4.39 Å². The smallest absolute Gasteiger partial charge is 0.256 e. The van der Waals surface area contributed by atoms with Crippen molar-refractivity contribution in [2.75, 3.05) is 6.54 Å². The minimum absolute atomic E-state index is 0.0333. The molecular weight excluding hydrogens is 399 g/mol. The van der Waals surface area contributed by atoms with Gasteiger partial charge in [0.2, 0.25) is 11.8 Å². The van der Waals surface area contributed by atoms with Crippen LogP contribution in [-0.2, 0) is 11.2 Å². The first kappa shape index (κ1) is 20.5. The summed E-state index contributed by atoms with van der Waals surface area (Å²) < 4.78 is 19.0. The number of amides is 2. The Morgan fingerprint density at radius 1 is 1.17 bits per heavy atom. The Labute approximate surface area is 171 Å². The Morgan fingerprint density at radius 2 is 1.93 bits per heavy atom. The molecule has 0 fully saturated rings. The molecular formula is C20H18ClFN4O3. The fraction of sp³-hybridized carbons (Fsp3) is 0.200. The molecule has 3 aromatic rings. The summed E-state index contributed by atoms with van der Waals surface area (Å²) in [4.78, 5) is 28.4. The number of aromatic nitrogens is 2. The quantitative estimate of drug-likeness (QED) is 0.617. The number of carbonyl (C=O) groups excluding carboxylic acids is 2. The molecule has 1 unspecified atom stereocenters. The van der Waals surface area contributed by atoms with Gasteiger partial charge in [-0.3, -0.25) is 9.59 Å². The van der Waals surface area contributed by atoms with Crippen molar-refractivity contribution >= 4 is 23.4 Å². The molecule has 0 saturated heterocycles. The Kier molecular flexibility index (Phi) is 6.56. The van der Waals surface area contributed by atoms with E-state index in [0.29, 0.717) is 18.1 Å². The number of hydrogen-bond acceptors (Lipinski definition) is 5. The standard InChI is InChI=1S/C20H18ClFN4O3/c1-12(19-25-17(29-26-19)10-13-6-3-2-4-7-13)24-16(27)11-23-20(28)18-14(21)8-5-9-15(18)22/h2-9,12H,10-11H2,1H3,(H,23,28)(H,24,27). The van der Waals surface area contributed by atoms with Crippen LogP contribution in [-0.4, -0.2) is 28.5 Å². The lowest BCUT2D eigenvalue weighted by atomic mass is 10.1. The highest BCUT2D eigenvalue weighted by molar-refractivity contribution is 6.33. The van der Waals surface area contributed by atoms with Gasteiger partial charge in [-0.15, -0.1) is 0 Å². The van der Waals surface area contributed by atoms with Crippen LogP contribution < -0.4 is 10.6 Å².